The van der Waals surface area contributed by atoms with Crippen LogP contribution >= 0.6 is 11.3 Å². The fourth-order valence-corrected chi connectivity index (χ4v) is 5.36. The number of nitrogens with one attached hydrogen (secondary N) is 1. The number of piperidine rings is 1. The summed E-state index contributed by atoms with van der Waals surface area (Å²) in [5, 5.41) is 1.56. The molecule has 1 aromatic heterocycles. The first-order valence-electron chi connectivity index (χ1n) is 8.44. The molecule has 0 aliphatic carbocycles. The molecular formula is C18H22N2O4S2. The molecular weight excluding hydrogens is 372 g/mol. The number of nitrogens with zero attached hydrogens (tertiary/aromatic N) is 1. The molecule has 3 rings (SSSR count). The molecule has 1 aliphatic rings. The molecule has 2 aromatic rings. The molecule has 1 aliphatic heterocycles. The Morgan fingerprint density at radius 2 is 1.85 bits per heavy atom. The van der Waals surface area contributed by atoms with Crippen molar-refractivity contribution < 1.29 is 17.9 Å². The van der Waals surface area contributed by atoms with E-state index < -0.39 is 16.0 Å². The zero-order valence-corrected chi connectivity index (χ0v) is 16.4. The van der Waals surface area contributed by atoms with Gasteiger partial charge in [0.05, 0.1) is 7.11 Å². The van der Waals surface area contributed by atoms with E-state index in [4.69, 9.17) is 0 Å². The number of carbonyl (C=O) groups is 1. The van der Waals surface area contributed by atoms with Gasteiger partial charge in [0, 0.05) is 24.5 Å². The zero-order chi connectivity index (χ0) is 18.7. The van der Waals surface area contributed by atoms with Crippen molar-refractivity contribution in [2.24, 2.45) is 5.92 Å². The van der Waals surface area contributed by atoms with Crippen LogP contribution in [-0.4, -0.2) is 34.6 Å². The van der Waals surface area contributed by atoms with Gasteiger partial charge in [0.2, 0.25) is 0 Å². The highest BCUT2D eigenvalue weighted by molar-refractivity contribution is 7.93. The van der Waals surface area contributed by atoms with Gasteiger partial charge in [-0.15, -0.1) is 11.3 Å². The number of rotatable bonds is 5. The van der Waals surface area contributed by atoms with Crippen molar-refractivity contribution in [2.45, 2.75) is 24.7 Å². The Kier molecular flexibility index (Phi) is 5.52. The predicted octanol–water partition coefficient (Wildman–Crippen LogP) is 3.57. The lowest BCUT2D eigenvalue weighted by molar-refractivity contribution is 0.0602. The molecule has 1 aromatic carbocycles. The molecule has 26 heavy (non-hydrogen) atoms. The minimum atomic E-state index is -3.85. The van der Waals surface area contributed by atoms with E-state index in [0.29, 0.717) is 5.69 Å². The summed E-state index contributed by atoms with van der Waals surface area (Å²) in [6.07, 6.45) is 2.34. The lowest BCUT2D eigenvalue weighted by atomic mass is 9.99. The third-order valence-corrected chi connectivity index (χ3v) is 7.01. The molecule has 0 saturated carbocycles. The van der Waals surface area contributed by atoms with Crippen LogP contribution in [0.1, 0.15) is 29.4 Å². The van der Waals surface area contributed by atoms with Gasteiger partial charge in [-0.25, -0.2) is 13.2 Å². The molecule has 0 unspecified atom stereocenters. The van der Waals surface area contributed by atoms with Gasteiger partial charge in [-0.05, 0) is 54.5 Å². The molecule has 2 heterocycles. The molecule has 0 atom stereocenters. The molecule has 0 bridgehead atoms. The number of methoxy groups -OCH3 is 1. The summed E-state index contributed by atoms with van der Waals surface area (Å²) in [5.74, 6) is 0.0991. The summed E-state index contributed by atoms with van der Waals surface area (Å²) in [4.78, 5) is 14.0. The van der Waals surface area contributed by atoms with Gasteiger partial charge < -0.3 is 9.64 Å². The van der Waals surface area contributed by atoms with Crippen LogP contribution in [0.5, 0.6) is 0 Å². The maximum Gasteiger partial charge on any atom is 0.349 e. The lowest BCUT2D eigenvalue weighted by Gasteiger charge is -2.32. The maximum atomic E-state index is 12.6. The molecule has 140 valence electrons. The third-order valence-electron chi connectivity index (χ3n) is 4.56. The van der Waals surface area contributed by atoms with Crippen molar-refractivity contribution in [3.63, 3.8) is 0 Å². The molecule has 0 radical (unpaired) electrons. The lowest BCUT2D eigenvalue weighted by Crippen LogP contribution is -2.32. The number of thiophene rings is 1. The third kappa shape index (κ3) is 4.02. The van der Waals surface area contributed by atoms with Crippen LogP contribution in [0.15, 0.2) is 40.6 Å². The van der Waals surface area contributed by atoms with Crippen molar-refractivity contribution in [3.8, 4) is 0 Å². The first kappa shape index (κ1) is 18.7. The first-order valence-corrected chi connectivity index (χ1v) is 10.8. The van der Waals surface area contributed by atoms with Crippen LogP contribution in [0, 0.1) is 5.92 Å². The Hall–Kier alpha value is -2.06. The van der Waals surface area contributed by atoms with E-state index in [-0.39, 0.29) is 9.77 Å². The van der Waals surface area contributed by atoms with E-state index in [9.17, 15) is 13.2 Å². The van der Waals surface area contributed by atoms with Crippen LogP contribution in [-0.2, 0) is 14.8 Å². The second-order valence-electron chi connectivity index (χ2n) is 6.43. The fourth-order valence-electron chi connectivity index (χ4n) is 2.97. The van der Waals surface area contributed by atoms with E-state index in [1.807, 2.05) is 12.1 Å². The summed E-state index contributed by atoms with van der Waals surface area (Å²) in [7, 11) is -2.63. The SMILES string of the molecule is COC(=O)c1sccc1S(=O)(=O)Nc1ccc(N2CCC(C)CC2)cc1. The highest BCUT2D eigenvalue weighted by atomic mass is 32.2. The zero-order valence-electron chi connectivity index (χ0n) is 14.8. The number of sulfonamides is 1. The van der Waals surface area contributed by atoms with Crippen LogP contribution < -0.4 is 9.62 Å². The molecule has 1 fully saturated rings. The summed E-state index contributed by atoms with van der Waals surface area (Å²) >= 11 is 1.04. The number of esters is 1. The Morgan fingerprint density at radius 3 is 2.46 bits per heavy atom. The molecule has 1 N–H and O–H groups in total. The van der Waals surface area contributed by atoms with Gasteiger partial charge >= 0.3 is 5.97 Å². The van der Waals surface area contributed by atoms with Crippen LogP contribution in [0.25, 0.3) is 0 Å². The van der Waals surface area contributed by atoms with Gasteiger partial charge in [0.15, 0.2) is 0 Å². The molecule has 6 nitrogen and oxygen atoms in total. The number of anilines is 2. The summed E-state index contributed by atoms with van der Waals surface area (Å²) in [6, 6.07) is 8.73. The largest absolute Gasteiger partial charge is 0.465 e. The van der Waals surface area contributed by atoms with Gasteiger partial charge in [-0.2, -0.15) is 0 Å². The average Bonchev–Trinajstić information content (AvgIpc) is 3.13. The van der Waals surface area contributed by atoms with Gasteiger partial charge in [-0.3, -0.25) is 4.72 Å². The van der Waals surface area contributed by atoms with Crippen molar-refractivity contribution in [2.75, 3.05) is 29.8 Å². The summed E-state index contributed by atoms with van der Waals surface area (Å²) < 4.78 is 32.4. The minimum Gasteiger partial charge on any atom is -0.465 e. The van der Waals surface area contributed by atoms with E-state index >= 15 is 0 Å². The number of hydrogen-bond acceptors (Lipinski definition) is 6. The van der Waals surface area contributed by atoms with Crippen LogP contribution in [0.3, 0.4) is 0 Å². The van der Waals surface area contributed by atoms with Gasteiger partial charge in [-0.1, -0.05) is 6.92 Å². The number of benzene rings is 1. The topological polar surface area (TPSA) is 75.7 Å². The molecule has 1 saturated heterocycles. The first-order chi connectivity index (χ1) is 12.4. The normalized spacial score (nSPS) is 15.7. The Morgan fingerprint density at radius 1 is 1.19 bits per heavy atom. The van der Waals surface area contributed by atoms with E-state index in [2.05, 4.69) is 21.3 Å². The van der Waals surface area contributed by atoms with Gasteiger partial charge in [0.1, 0.15) is 9.77 Å². The van der Waals surface area contributed by atoms with E-state index in [0.717, 1.165) is 36.0 Å². The van der Waals surface area contributed by atoms with Crippen molar-refractivity contribution in [1.29, 1.82) is 0 Å². The average molecular weight is 395 g/mol. The van der Waals surface area contributed by atoms with Crippen molar-refractivity contribution in [1.82, 2.24) is 0 Å². The number of carbonyl (C=O) groups excluding carboxylic acids is 1. The monoisotopic (exact) mass is 394 g/mol. The molecule has 0 spiro atoms. The minimum absolute atomic E-state index is 0.0663. The smallest absolute Gasteiger partial charge is 0.349 e. The fraction of sp³-hybridized carbons (Fsp3) is 0.389. The highest BCUT2D eigenvalue weighted by Crippen LogP contribution is 2.27. The molecule has 0 amide bonds. The Balaban J connectivity index is 1.74. The van der Waals surface area contributed by atoms with E-state index in [1.165, 1.54) is 26.0 Å². The predicted molar refractivity (Wildman–Crippen MR) is 104 cm³/mol. The van der Waals surface area contributed by atoms with E-state index in [1.54, 1.807) is 17.5 Å². The molecule has 8 heteroatoms. The van der Waals surface area contributed by atoms with Crippen molar-refractivity contribution in [3.05, 3.63) is 40.6 Å². The highest BCUT2D eigenvalue weighted by Gasteiger charge is 2.25. The van der Waals surface area contributed by atoms with Crippen LogP contribution in [0.4, 0.5) is 11.4 Å². The van der Waals surface area contributed by atoms with Gasteiger partial charge in [0.25, 0.3) is 10.0 Å². The Labute approximate surface area is 157 Å². The maximum absolute atomic E-state index is 12.6. The summed E-state index contributed by atoms with van der Waals surface area (Å²) in [6.45, 7) is 4.30. The van der Waals surface area contributed by atoms with Crippen LogP contribution in [0.2, 0.25) is 0 Å². The number of hydrogen-bond donors (Lipinski definition) is 1. The Bertz CT molecular complexity index is 867. The van der Waals surface area contributed by atoms with Crippen molar-refractivity contribution >= 4 is 38.7 Å². The number of ether oxygens (including phenoxy) is 1. The second-order valence-corrected chi connectivity index (χ2v) is 8.99. The standard InChI is InChI=1S/C18H22N2O4S2/c1-13-7-10-20(11-8-13)15-5-3-14(4-6-15)19-26(22,23)16-9-12-25-17(16)18(21)24-2/h3-6,9,12-13,19H,7-8,10-11H2,1-2H3. The summed E-state index contributed by atoms with van der Waals surface area (Å²) in [5.41, 5.74) is 1.55. The second kappa shape index (κ2) is 7.67. The quantitative estimate of drug-likeness (QED) is 0.785.